The van der Waals surface area contributed by atoms with Crippen molar-refractivity contribution in [3.05, 3.63) is 58.6 Å². The molecule has 0 aromatic heterocycles. The third-order valence-electron chi connectivity index (χ3n) is 2.49. The fourth-order valence-corrected chi connectivity index (χ4v) is 2.83. The van der Waals surface area contributed by atoms with E-state index in [-0.39, 0.29) is 0 Å². The molecule has 0 amide bonds. The SMILES string of the molecule is CNSc1ccc(NCc2ccccc2)c(Br)c1. The first-order valence-electron chi connectivity index (χ1n) is 5.70. The Morgan fingerprint density at radius 1 is 1.11 bits per heavy atom. The van der Waals surface area contributed by atoms with Gasteiger partial charge >= 0.3 is 0 Å². The van der Waals surface area contributed by atoms with Gasteiger partial charge in [-0.05, 0) is 58.7 Å². The molecule has 0 fully saturated rings. The molecule has 2 N–H and O–H groups in total. The highest BCUT2D eigenvalue weighted by atomic mass is 79.9. The Kier molecular flexibility index (Phi) is 5.11. The van der Waals surface area contributed by atoms with Crippen LogP contribution in [0.1, 0.15) is 5.56 Å². The third-order valence-corrected chi connectivity index (χ3v) is 3.84. The van der Waals surface area contributed by atoms with Gasteiger partial charge in [-0.3, -0.25) is 4.72 Å². The summed E-state index contributed by atoms with van der Waals surface area (Å²) >= 11 is 5.19. The van der Waals surface area contributed by atoms with Gasteiger partial charge in [-0.2, -0.15) is 0 Å². The maximum Gasteiger partial charge on any atom is 0.0488 e. The van der Waals surface area contributed by atoms with Crippen molar-refractivity contribution in [2.45, 2.75) is 11.4 Å². The van der Waals surface area contributed by atoms with Crippen LogP contribution in [0.5, 0.6) is 0 Å². The van der Waals surface area contributed by atoms with E-state index in [1.807, 2.05) is 13.1 Å². The number of halogens is 1. The number of anilines is 1. The van der Waals surface area contributed by atoms with Crippen molar-refractivity contribution in [1.29, 1.82) is 0 Å². The van der Waals surface area contributed by atoms with Crippen LogP contribution in [0.25, 0.3) is 0 Å². The molecule has 0 radical (unpaired) electrons. The molecule has 0 bridgehead atoms. The lowest BCUT2D eigenvalue weighted by atomic mass is 10.2. The van der Waals surface area contributed by atoms with Gasteiger partial charge < -0.3 is 5.32 Å². The molecule has 4 heteroatoms. The molecule has 0 unspecified atom stereocenters. The smallest absolute Gasteiger partial charge is 0.0488 e. The molecule has 0 aliphatic rings. The molecule has 0 aliphatic heterocycles. The molecule has 18 heavy (non-hydrogen) atoms. The average molecular weight is 323 g/mol. The van der Waals surface area contributed by atoms with Crippen molar-refractivity contribution < 1.29 is 0 Å². The van der Waals surface area contributed by atoms with Crippen LogP contribution in [0.2, 0.25) is 0 Å². The van der Waals surface area contributed by atoms with E-state index >= 15 is 0 Å². The third kappa shape index (κ3) is 3.77. The van der Waals surface area contributed by atoms with Crippen molar-refractivity contribution in [2.75, 3.05) is 12.4 Å². The van der Waals surface area contributed by atoms with Crippen molar-refractivity contribution in [3.63, 3.8) is 0 Å². The molecule has 2 rings (SSSR count). The molecule has 0 saturated carbocycles. The van der Waals surface area contributed by atoms with Gasteiger partial charge in [0.1, 0.15) is 0 Å². The molecular formula is C14H15BrN2S. The van der Waals surface area contributed by atoms with E-state index in [0.29, 0.717) is 0 Å². The van der Waals surface area contributed by atoms with Crippen LogP contribution in [0.3, 0.4) is 0 Å². The summed E-state index contributed by atoms with van der Waals surface area (Å²) in [6.07, 6.45) is 0. The zero-order chi connectivity index (χ0) is 12.8. The zero-order valence-electron chi connectivity index (χ0n) is 10.1. The summed E-state index contributed by atoms with van der Waals surface area (Å²) in [5, 5.41) is 3.42. The Morgan fingerprint density at radius 2 is 1.89 bits per heavy atom. The Balaban J connectivity index is 2.01. The first-order chi connectivity index (χ1) is 8.79. The van der Waals surface area contributed by atoms with Crippen LogP contribution >= 0.6 is 27.9 Å². The van der Waals surface area contributed by atoms with E-state index < -0.39 is 0 Å². The summed E-state index contributed by atoms with van der Waals surface area (Å²) in [4.78, 5) is 1.19. The molecule has 0 atom stereocenters. The second-order valence-corrected chi connectivity index (χ2v) is 5.73. The quantitative estimate of drug-likeness (QED) is 0.803. The Bertz CT molecular complexity index is 502. The highest BCUT2D eigenvalue weighted by molar-refractivity contribution is 9.10. The minimum absolute atomic E-state index is 0.831. The van der Waals surface area contributed by atoms with Crippen LogP contribution in [0, 0.1) is 0 Å². The van der Waals surface area contributed by atoms with E-state index in [2.05, 4.69) is 68.4 Å². The largest absolute Gasteiger partial charge is 0.380 e. The van der Waals surface area contributed by atoms with Gasteiger partial charge in [-0.15, -0.1) is 0 Å². The van der Waals surface area contributed by atoms with Crippen LogP contribution in [-0.2, 0) is 6.54 Å². The monoisotopic (exact) mass is 322 g/mol. The summed E-state index contributed by atoms with van der Waals surface area (Å²) < 4.78 is 4.15. The predicted molar refractivity (Wildman–Crippen MR) is 82.8 cm³/mol. The molecular weight excluding hydrogens is 308 g/mol. The minimum Gasteiger partial charge on any atom is -0.380 e. The van der Waals surface area contributed by atoms with E-state index in [1.54, 1.807) is 11.9 Å². The average Bonchev–Trinajstić information content (AvgIpc) is 2.39. The summed E-state index contributed by atoms with van der Waals surface area (Å²) in [5.74, 6) is 0. The minimum atomic E-state index is 0.831. The van der Waals surface area contributed by atoms with Gasteiger partial charge in [0.15, 0.2) is 0 Å². The summed E-state index contributed by atoms with van der Waals surface area (Å²) in [5.41, 5.74) is 2.39. The van der Waals surface area contributed by atoms with Gasteiger partial charge in [0, 0.05) is 21.6 Å². The summed E-state index contributed by atoms with van der Waals surface area (Å²) in [6.45, 7) is 0.831. The van der Waals surface area contributed by atoms with Gasteiger partial charge in [0.05, 0.1) is 0 Å². The predicted octanol–water partition coefficient (Wildman–Crippen LogP) is 4.29. The van der Waals surface area contributed by atoms with Crippen molar-refractivity contribution in [3.8, 4) is 0 Å². The van der Waals surface area contributed by atoms with Crippen molar-refractivity contribution >= 4 is 33.6 Å². The number of hydrogen-bond acceptors (Lipinski definition) is 3. The van der Waals surface area contributed by atoms with Crippen LogP contribution in [0.15, 0.2) is 57.9 Å². The molecule has 0 heterocycles. The lowest BCUT2D eigenvalue weighted by Gasteiger charge is -2.10. The Morgan fingerprint density at radius 3 is 2.56 bits per heavy atom. The van der Waals surface area contributed by atoms with Gasteiger partial charge in [-0.25, -0.2) is 0 Å². The van der Waals surface area contributed by atoms with E-state index in [1.165, 1.54) is 10.5 Å². The summed E-state index contributed by atoms with van der Waals surface area (Å²) in [7, 11) is 1.92. The molecule has 2 nitrogen and oxygen atoms in total. The maximum absolute atomic E-state index is 3.59. The molecule has 2 aromatic rings. The molecule has 94 valence electrons. The first kappa shape index (κ1) is 13.5. The molecule has 0 spiro atoms. The zero-order valence-corrected chi connectivity index (χ0v) is 12.5. The van der Waals surface area contributed by atoms with Gasteiger partial charge in [0.25, 0.3) is 0 Å². The lowest BCUT2D eigenvalue weighted by Crippen LogP contribution is -2.00. The summed E-state index contributed by atoms with van der Waals surface area (Å²) in [6, 6.07) is 16.7. The second-order valence-electron chi connectivity index (χ2n) is 3.79. The second kappa shape index (κ2) is 6.83. The highest BCUT2D eigenvalue weighted by Crippen LogP contribution is 2.27. The van der Waals surface area contributed by atoms with Gasteiger partial charge in [-0.1, -0.05) is 30.3 Å². The number of nitrogens with one attached hydrogen (secondary N) is 2. The van der Waals surface area contributed by atoms with Crippen LogP contribution < -0.4 is 10.0 Å². The first-order valence-corrected chi connectivity index (χ1v) is 7.31. The number of benzene rings is 2. The van der Waals surface area contributed by atoms with Gasteiger partial charge in [0.2, 0.25) is 0 Å². The maximum atomic E-state index is 3.59. The standard InChI is InChI=1S/C14H15BrN2S/c1-16-18-12-7-8-14(13(15)9-12)17-10-11-5-3-2-4-6-11/h2-9,16-17H,10H2,1H3. The Hall–Kier alpha value is -0.970. The van der Waals surface area contributed by atoms with Crippen molar-refractivity contribution in [1.82, 2.24) is 4.72 Å². The number of rotatable bonds is 5. The topological polar surface area (TPSA) is 24.1 Å². The van der Waals surface area contributed by atoms with E-state index in [4.69, 9.17) is 0 Å². The molecule has 0 aliphatic carbocycles. The normalized spacial score (nSPS) is 10.3. The van der Waals surface area contributed by atoms with E-state index in [0.717, 1.165) is 16.7 Å². The molecule has 0 saturated heterocycles. The van der Waals surface area contributed by atoms with Crippen LogP contribution in [-0.4, -0.2) is 7.05 Å². The lowest BCUT2D eigenvalue weighted by molar-refractivity contribution is 1.14. The fourth-order valence-electron chi connectivity index (χ4n) is 1.61. The van der Waals surface area contributed by atoms with Crippen molar-refractivity contribution in [2.24, 2.45) is 0 Å². The molecule has 2 aromatic carbocycles. The van der Waals surface area contributed by atoms with Crippen LogP contribution in [0.4, 0.5) is 5.69 Å². The Labute approximate surface area is 120 Å². The fraction of sp³-hybridized carbons (Fsp3) is 0.143. The van der Waals surface area contributed by atoms with E-state index in [9.17, 15) is 0 Å². The highest BCUT2D eigenvalue weighted by Gasteiger charge is 2.01. The number of hydrogen-bond donors (Lipinski definition) is 2.